The molecule has 1 N–H and O–H groups in total. The monoisotopic (exact) mass is 638 g/mol. The van der Waals surface area contributed by atoms with Crippen LogP contribution >= 0.6 is 22.9 Å². The van der Waals surface area contributed by atoms with E-state index < -0.39 is 21.2 Å². The number of aromatic amines is 1. The largest absolute Gasteiger partial charge is 0.395 e. The van der Waals surface area contributed by atoms with Crippen LogP contribution in [-0.4, -0.2) is 74.1 Å². The molecule has 0 fully saturated rings. The number of rotatable bonds is 9. The van der Waals surface area contributed by atoms with E-state index in [0.29, 0.717) is 36.5 Å². The molecule has 42 heavy (non-hydrogen) atoms. The van der Waals surface area contributed by atoms with Gasteiger partial charge in [0.1, 0.15) is 18.1 Å². The highest BCUT2D eigenvalue weighted by molar-refractivity contribution is 7.90. The fraction of sp³-hybridized carbons (Fsp3) is 0.429. The fourth-order valence-electron chi connectivity index (χ4n) is 4.75. The Morgan fingerprint density at radius 3 is 2.43 bits per heavy atom. The Morgan fingerprint density at radius 2 is 1.95 bits per heavy atom. The highest BCUT2D eigenvalue weighted by Gasteiger charge is 2.27. The number of nitrogens with one attached hydrogen (secondary N) is 1. The second-order valence-electron chi connectivity index (χ2n) is 9.91. The topological polar surface area (TPSA) is 140 Å². The Morgan fingerprint density at radius 1 is 1.26 bits per heavy atom. The smallest absolute Gasteiger partial charge is 0.277 e. The molecule has 0 aliphatic carbocycles. The highest BCUT2D eigenvalue weighted by atomic mass is 35.5. The zero-order chi connectivity index (χ0) is 31.4. The molecule has 0 saturated carbocycles. The van der Waals surface area contributed by atoms with Crippen LogP contribution in [0, 0.1) is 20.8 Å². The number of aryl methyl sites for hydroxylation is 3. The van der Waals surface area contributed by atoms with Crippen LogP contribution in [0.25, 0.3) is 0 Å². The van der Waals surface area contributed by atoms with Crippen molar-refractivity contribution in [3.63, 3.8) is 0 Å². The lowest BCUT2D eigenvalue weighted by atomic mass is 9.93. The van der Waals surface area contributed by atoms with Crippen LogP contribution in [0.15, 0.2) is 38.6 Å². The number of oxime groups is 1. The summed E-state index contributed by atoms with van der Waals surface area (Å²) in [7, 11) is -0.383. The average Bonchev–Trinajstić information content (AvgIpc) is 3.66. The molecule has 4 rings (SSSR count). The van der Waals surface area contributed by atoms with Gasteiger partial charge in [-0.05, 0) is 56.3 Å². The summed E-state index contributed by atoms with van der Waals surface area (Å²) in [6.45, 7) is 8.49. The van der Waals surface area contributed by atoms with E-state index in [0.717, 1.165) is 22.4 Å². The molecule has 3 heterocycles. The van der Waals surface area contributed by atoms with Crippen molar-refractivity contribution in [1.29, 1.82) is 0 Å². The number of thiophene rings is 1. The minimum absolute atomic E-state index is 0.00623. The number of alkyl halides is 1. The highest BCUT2D eigenvalue weighted by Crippen LogP contribution is 2.32. The maximum atomic E-state index is 12.8. The molecule has 0 bridgehead atoms. The summed E-state index contributed by atoms with van der Waals surface area (Å²) >= 11 is 7.33. The maximum absolute atomic E-state index is 12.8. The number of hydrogen-bond donors (Lipinski definition) is 1. The van der Waals surface area contributed by atoms with E-state index >= 15 is 0 Å². The number of amides is 1. The van der Waals surface area contributed by atoms with Crippen LogP contribution in [0.3, 0.4) is 0 Å². The van der Waals surface area contributed by atoms with Crippen molar-refractivity contribution in [3.05, 3.63) is 66.8 Å². The van der Waals surface area contributed by atoms with Crippen LogP contribution in [0.2, 0.25) is 0 Å². The van der Waals surface area contributed by atoms with Crippen LogP contribution in [0.1, 0.15) is 50.8 Å². The van der Waals surface area contributed by atoms with Gasteiger partial charge in [-0.3, -0.25) is 19.1 Å². The van der Waals surface area contributed by atoms with Crippen LogP contribution in [0.5, 0.6) is 0 Å². The van der Waals surface area contributed by atoms with E-state index in [1.807, 2.05) is 20.8 Å². The molecular formula is C28H35ClN4O7S2. The van der Waals surface area contributed by atoms with Crippen molar-refractivity contribution >= 4 is 55.9 Å². The lowest BCUT2D eigenvalue weighted by Gasteiger charge is -2.29. The molecule has 14 heteroatoms. The SMILES string of the molecule is COCC(C)N(C(=O)CCl)c1c(C)csc1C.Cc1c(C(=O)c2c[nH]n(C)c2=O)ccc(S(C)(=O)=O)c1C1=NOCC1. The van der Waals surface area contributed by atoms with Gasteiger partial charge < -0.3 is 19.6 Å². The Labute approximate surface area is 254 Å². The van der Waals surface area contributed by atoms with Crippen LogP contribution in [-0.2, 0) is 31.3 Å². The van der Waals surface area contributed by atoms with Gasteiger partial charge in [0.25, 0.3) is 5.56 Å². The second-order valence-corrected chi connectivity index (χ2v) is 13.2. The summed E-state index contributed by atoms with van der Waals surface area (Å²) in [5.74, 6) is -0.566. The molecule has 11 nitrogen and oxygen atoms in total. The number of carbonyl (C=O) groups excluding carboxylic acids is 2. The van der Waals surface area contributed by atoms with E-state index in [1.165, 1.54) is 30.1 Å². The average molecular weight is 639 g/mol. The van der Waals surface area contributed by atoms with E-state index in [9.17, 15) is 22.8 Å². The molecule has 228 valence electrons. The van der Waals surface area contributed by atoms with Crippen molar-refractivity contribution in [3.8, 4) is 0 Å². The number of carbonyl (C=O) groups is 2. The van der Waals surface area contributed by atoms with Crippen LogP contribution < -0.4 is 10.5 Å². The van der Waals surface area contributed by atoms with Gasteiger partial charge in [0, 0.05) is 49.0 Å². The Kier molecular flexibility index (Phi) is 10.9. The fourth-order valence-corrected chi connectivity index (χ4v) is 6.67. The summed E-state index contributed by atoms with van der Waals surface area (Å²) in [6.07, 6.45) is 2.89. The van der Waals surface area contributed by atoms with E-state index in [4.69, 9.17) is 21.2 Å². The number of ketones is 1. The Hall–Kier alpha value is -3.26. The lowest BCUT2D eigenvalue weighted by Crippen LogP contribution is -2.42. The number of hydrogen-bond acceptors (Lipinski definition) is 9. The number of aromatic nitrogens is 2. The van der Waals surface area contributed by atoms with Crippen molar-refractivity contribution in [2.45, 2.75) is 45.1 Å². The van der Waals surface area contributed by atoms with Gasteiger partial charge in [-0.2, -0.15) is 0 Å². The first-order valence-corrected chi connectivity index (χ1v) is 16.3. The van der Waals surface area contributed by atoms with Gasteiger partial charge in [0.05, 0.1) is 28.9 Å². The summed E-state index contributed by atoms with van der Waals surface area (Å²) < 4.78 is 30.6. The quantitative estimate of drug-likeness (QED) is 0.278. The van der Waals surface area contributed by atoms with Crippen molar-refractivity contribution in [1.82, 2.24) is 9.78 Å². The maximum Gasteiger partial charge on any atom is 0.277 e. The first-order chi connectivity index (χ1) is 19.7. The predicted octanol–water partition coefficient (Wildman–Crippen LogP) is 3.75. The number of halogens is 1. The summed E-state index contributed by atoms with van der Waals surface area (Å²) in [5.41, 5.74) is 3.20. The molecule has 1 amide bonds. The lowest BCUT2D eigenvalue weighted by molar-refractivity contribution is -0.116. The number of H-pyrrole nitrogens is 1. The molecule has 2 aromatic heterocycles. The van der Waals surface area contributed by atoms with Gasteiger partial charge in [-0.15, -0.1) is 22.9 Å². The van der Waals surface area contributed by atoms with Gasteiger partial charge in [0.2, 0.25) is 5.91 Å². The number of methoxy groups -OCH3 is 1. The second kappa shape index (κ2) is 13.8. The molecular weight excluding hydrogens is 604 g/mol. The van der Waals surface area contributed by atoms with E-state index in [-0.39, 0.29) is 33.9 Å². The Balaban J connectivity index is 0.000000250. The third-order valence-corrected chi connectivity index (χ3v) is 9.12. The molecule has 1 aliphatic rings. The van der Waals surface area contributed by atoms with Gasteiger partial charge >= 0.3 is 0 Å². The van der Waals surface area contributed by atoms with Gasteiger partial charge in [-0.25, -0.2) is 8.42 Å². The zero-order valence-electron chi connectivity index (χ0n) is 24.6. The minimum Gasteiger partial charge on any atom is -0.395 e. The van der Waals surface area contributed by atoms with Crippen molar-refractivity contribution in [2.75, 3.05) is 37.4 Å². The number of benzene rings is 1. The molecule has 0 radical (unpaired) electrons. The standard InChI is InChI=1S/C16H17N3O5S.C12H18ClNO2S/c1-9-10(15(20)11-8-17-19(2)16(11)21)4-5-13(25(3,22)23)14(9)12-6-7-24-18-12;1-8-7-17-10(3)12(8)14(11(15)5-13)9(2)6-16-4/h4-5,8,17H,6-7H2,1-3H3;7,9H,5-6H2,1-4H3. The van der Waals surface area contributed by atoms with E-state index in [2.05, 4.69) is 15.6 Å². The summed E-state index contributed by atoms with van der Waals surface area (Å²) in [5, 5.41) is 8.62. The normalized spacial score (nSPS) is 13.6. The third-order valence-electron chi connectivity index (χ3n) is 6.74. The Bertz CT molecular complexity index is 1650. The van der Waals surface area contributed by atoms with Crippen molar-refractivity contribution < 1.29 is 27.6 Å². The molecule has 1 unspecified atom stereocenters. The van der Waals surface area contributed by atoms with Crippen molar-refractivity contribution in [2.24, 2.45) is 12.2 Å². The number of anilines is 1. The number of sulfone groups is 1. The minimum atomic E-state index is -3.52. The zero-order valence-corrected chi connectivity index (χ0v) is 27.0. The van der Waals surface area contributed by atoms with Crippen LogP contribution in [0.4, 0.5) is 5.69 Å². The summed E-state index contributed by atoms with van der Waals surface area (Å²) in [4.78, 5) is 44.7. The first-order valence-electron chi connectivity index (χ1n) is 13.0. The van der Waals surface area contributed by atoms with Gasteiger partial charge in [0.15, 0.2) is 15.6 Å². The van der Waals surface area contributed by atoms with Gasteiger partial charge in [-0.1, -0.05) is 5.16 Å². The molecule has 0 spiro atoms. The predicted molar refractivity (Wildman–Crippen MR) is 164 cm³/mol. The van der Waals surface area contributed by atoms with E-state index in [1.54, 1.807) is 30.3 Å². The first kappa shape index (κ1) is 33.2. The molecule has 1 atom stereocenters. The number of ether oxygens (including phenoxy) is 1. The third kappa shape index (κ3) is 7.02. The molecule has 1 aromatic carbocycles. The molecule has 1 aliphatic heterocycles. The summed E-state index contributed by atoms with van der Waals surface area (Å²) in [6, 6.07) is 2.79. The molecule has 3 aromatic rings. The molecule has 0 saturated heterocycles. The number of nitrogens with zero attached hydrogens (tertiary/aromatic N) is 3.